The minimum absolute atomic E-state index is 0.0900. The monoisotopic (exact) mass is 419 g/mol. The number of hydrogen-bond acceptors (Lipinski definition) is 5. The van der Waals surface area contributed by atoms with Crippen LogP contribution in [0, 0.1) is 0 Å². The maximum absolute atomic E-state index is 13.0. The number of amides is 1. The van der Waals surface area contributed by atoms with E-state index in [1.165, 1.54) is 16.2 Å². The van der Waals surface area contributed by atoms with E-state index in [9.17, 15) is 14.7 Å². The van der Waals surface area contributed by atoms with Crippen molar-refractivity contribution in [2.45, 2.75) is 19.4 Å². The van der Waals surface area contributed by atoms with Crippen LogP contribution in [-0.4, -0.2) is 23.9 Å². The second kappa shape index (κ2) is 8.16. The van der Waals surface area contributed by atoms with Gasteiger partial charge in [-0.25, -0.2) is 0 Å². The number of aliphatic hydroxyl groups excluding tert-OH is 1. The van der Waals surface area contributed by atoms with Crippen molar-refractivity contribution in [3.05, 3.63) is 87.6 Å². The number of carbonyl (C=O) groups excluding carboxylic acids is 2. The first-order chi connectivity index (χ1) is 14.5. The molecule has 1 aromatic heterocycles. The fourth-order valence-corrected chi connectivity index (χ4v) is 4.44. The molecule has 1 atom stereocenters. The Morgan fingerprint density at radius 3 is 2.33 bits per heavy atom. The highest BCUT2D eigenvalue weighted by Crippen LogP contribution is 2.43. The van der Waals surface area contributed by atoms with Crippen LogP contribution in [-0.2, 0) is 16.0 Å². The van der Waals surface area contributed by atoms with E-state index in [-0.39, 0.29) is 11.3 Å². The largest absolute Gasteiger partial charge is 0.507 e. The van der Waals surface area contributed by atoms with Gasteiger partial charge in [0.25, 0.3) is 11.7 Å². The molecule has 2 aromatic carbocycles. The lowest BCUT2D eigenvalue weighted by Gasteiger charge is -2.24. The van der Waals surface area contributed by atoms with Gasteiger partial charge in [0.15, 0.2) is 0 Å². The van der Waals surface area contributed by atoms with Crippen LogP contribution in [0.4, 0.5) is 5.69 Å². The highest BCUT2D eigenvalue weighted by molar-refractivity contribution is 7.10. The first-order valence-corrected chi connectivity index (χ1v) is 10.5. The molecule has 0 bridgehead atoms. The van der Waals surface area contributed by atoms with Crippen LogP contribution in [0.25, 0.3) is 5.76 Å². The van der Waals surface area contributed by atoms with Crippen molar-refractivity contribution < 1.29 is 19.4 Å². The van der Waals surface area contributed by atoms with Crippen LogP contribution in [0.5, 0.6) is 5.75 Å². The van der Waals surface area contributed by atoms with Gasteiger partial charge in [-0.05, 0) is 59.8 Å². The van der Waals surface area contributed by atoms with Gasteiger partial charge >= 0.3 is 0 Å². The molecule has 1 amide bonds. The van der Waals surface area contributed by atoms with E-state index in [1.54, 1.807) is 31.4 Å². The number of rotatable bonds is 5. The minimum Gasteiger partial charge on any atom is -0.507 e. The van der Waals surface area contributed by atoms with Crippen LogP contribution in [0.3, 0.4) is 0 Å². The van der Waals surface area contributed by atoms with Crippen molar-refractivity contribution >= 4 is 34.5 Å². The Morgan fingerprint density at radius 2 is 1.77 bits per heavy atom. The van der Waals surface area contributed by atoms with Crippen LogP contribution >= 0.6 is 11.3 Å². The second-order valence-corrected chi connectivity index (χ2v) is 7.91. The molecule has 0 aliphatic carbocycles. The Balaban J connectivity index is 1.86. The SMILES string of the molecule is CCc1ccc(N2C(=O)C(=O)/C(=C(\O)c3ccc(OC)cc3)C2c2cccs2)cc1. The topological polar surface area (TPSA) is 66.8 Å². The molecule has 1 N–H and O–H groups in total. The molecular formula is C24H21NO4S. The molecule has 1 aliphatic heterocycles. The summed E-state index contributed by atoms with van der Waals surface area (Å²) in [5.41, 5.74) is 2.31. The van der Waals surface area contributed by atoms with E-state index in [0.29, 0.717) is 17.0 Å². The van der Waals surface area contributed by atoms with Crippen molar-refractivity contribution in [1.82, 2.24) is 0 Å². The average molecular weight is 420 g/mol. The number of carbonyl (C=O) groups is 2. The van der Waals surface area contributed by atoms with E-state index in [2.05, 4.69) is 6.92 Å². The summed E-state index contributed by atoms with van der Waals surface area (Å²) in [6, 6.07) is 17.4. The van der Waals surface area contributed by atoms with Crippen LogP contribution < -0.4 is 9.64 Å². The fraction of sp³-hybridized carbons (Fsp3) is 0.167. The van der Waals surface area contributed by atoms with Crippen LogP contribution in [0.2, 0.25) is 0 Å². The van der Waals surface area contributed by atoms with Gasteiger partial charge in [0, 0.05) is 16.1 Å². The first kappa shape index (κ1) is 19.9. The molecular weight excluding hydrogens is 398 g/mol. The molecule has 3 aromatic rings. The summed E-state index contributed by atoms with van der Waals surface area (Å²) in [5, 5.41) is 12.9. The first-order valence-electron chi connectivity index (χ1n) is 9.63. The van der Waals surface area contributed by atoms with Gasteiger partial charge in [0.2, 0.25) is 0 Å². The van der Waals surface area contributed by atoms with Crippen LogP contribution in [0.15, 0.2) is 71.6 Å². The summed E-state index contributed by atoms with van der Waals surface area (Å²) >= 11 is 1.44. The molecule has 0 spiro atoms. The van der Waals surface area contributed by atoms with Gasteiger partial charge in [-0.2, -0.15) is 0 Å². The van der Waals surface area contributed by atoms with E-state index < -0.39 is 17.7 Å². The number of aryl methyl sites for hydroxylation is 1. The Morgan fingerprint density at radius 1 is 1.07 bits per heavy atom. The quantitative estimate of drug-likeness (QED) is 0.361. The van der Waals surface area contributed by atoms with Gasteiger partial charge in [0.1, 0.15) is 17.6 Å². The average Bonchev–Trinajstić information content (AvgIpc) is 3.40. The molecule has 1 unspecified atom stereocenters. The number of thiophene rings is 1. The Bertz CT molecular complexity index is 1100. The summed E-state index contributed by atoms with van der Waals surface area (Å²) in [6.45, 7) is 2.06. The Labute approximate surface area is 178 Å². The molecule has 5 nitrogen and oxygen atoms in total. The van der Waals surface area contributed by atoms with Crippen molar-refractivity contribution in [3.63, 3.8) is 0 Å². The molecule has 4 rings (SSSR count). The van der Waals surface area contributed by atoms with E-state index in [4.69, 9.17) is 4.74 Å². The van der Waals surface area contributed by atoms with Crippen molar-refractivity contribution in [2.24, 2.45) is 0 Å². The third-order valence-electron chi connectivity index (χ3n) is 5.24. The lowest BCUT2D eigenvalue weighted by atomic mass is 9.99. The van der Waals surface area contributed by atoms with Crippen LogP contribution in [0.1, 0.15) is 29.0 Å². The second-order valence-electron chi connectivity index (χ2n) is 6.93. The Hall–Kier alpha value is -3.38. The fourth-order valence-electron chi connectivity index (χ4n) is 3.61. The number of ether oxygens (including phenoxy) is 1. The number of ketones is 1. The third kappa shape index (κ3) is 3.39. The van der Waals surface area contributed by atoms with Gasteiger partial charge in [-0.1, -0.05) is 25.1 Å². The summed E-state index contributed by atoms with van der Waals surface area (Å²) in [6.07, 6.45) is 0.880. The maximum Gasteiger partial charge on any atom is 0.300 e. The summed E-state index contributed by atoms with van der Waals surface area (Å²) in [4.78, 5) is 28.3. The molecule has 30 heavy (non-hydrogen) atoms. The van der Waals surface area contributed by atoms with E-state index in [0.717, 1.165) is 16.9 Å². The number of methoxy groups -OCH3 is 1. The molecule has 0 saturated carbocycles. The zero-order valence-electron chi connectivity index (χ0n) is 16.7. The summed E-state index contributed by atoms with van der Waals surface area (Å²) in [5.74, 6) is -0.895. The highest BCUT2D eigenvalue weighted by atomic mass is 32.1. The smallest absolute Gasteiger partial charge is 0.300 e. The maximum atomic E-state index is 13.0. The number of benzene rings is 2. The summed E-state index contributed by atoms with van der Waals surface area (Å²) < 4.78 is 5.16. The van der Waals surface area contributed by atoms with Gasteiger partial charge in [-0.15, -0.1) is 11.3 Å². The number of anilines is 1. The number of Topliss-reactive ketones (excluding diaryl/α,β-unsaturated/α-hetero) is 1. The van der Waals surface area contributed by atoms with Crippen molar-refractivity contribution in [3.8, 4) is 5.75 Å². The molecule has 2 heterocycles. The highest BCUT2D eigenvalue weighted by Gasteiger charge is 2.47. The number of aliphatic hydroxyl groups is 1. The third-order valence-corrected chi connectivity index (χ3v) is 6.17. The molecule has 6 heteroatoms. The summed E-state index contributed by atoms with van der Waals surface area (Å²) in [7, 11) is 1.56. The van der Waals surface area contributed by atoms with Gasteiger partial charge in [-0.3, -0.25) is 14.5 Å². The minimum atomic E-state index is -0.693. The molecule has 1 saturated heterocycles. The number of nitrogens with zero attached hydrogens (tertiary/aromatic N) is 1. The van der Waals surface area contributed by atoms with Crippen molar-refractivity contribution in [2.75, 3.05) is 12.0 Å². The Kier molecular flexibility index (Phi) is 5.42. The number of hydrogen-bond donors (Lipinski definition) is 1. The van der Waals surface area contributed by atoms with E-state index >= 15 is 0 Å². The molecule has 1 fully saturated rings. The zero-order chi connectivity index (χ0) is 21.3. The van der Waals surface area contributed by atoms with Crippen molar-refractivity contribution in [1.29, 1.82) is 0 Å². The van der Waals surface area contributed by atoms with E-state index in [1.807, 2.05) is 41.8 Å². The predicted molar refractivity (Wildman–Crippen MR) is 118 cm³/mol. The molecule has 0 radical (unpaired) electrons. The molecule has 152 valence electrons. The standard InChI is InChI=1S/C24H21NO4S/c1-3-15-6-10-17(11-7-15)25-21(19-5-4-14-30-19)20(23(27)24(25)28)22(26)16-8-12-18(29-2)13-9-16/h4-14,21,26H,3H2,1-2H3/b22-20-. The zero-order valence-corrected chi connectivity index (χ0v) is 17.5. The predicted octanol–water partition coefficient (Wildman–Crippen LogP) is 4.95. The lowest BCUT2D eigenvalue weighted by Crippen LogP contribution is -2.29. The normalized spacial score (nSPS) is 18.1. The lowest BCUT2D eigenvalue weighted by molar-refractivity contribution is -0.132. The molecule has 1 aliphatic rings. The van der Waals surface area contributed by atoms with Gasteiger partial charge in [0.05, 0.1) is 12.7 Å². The van der Waals surface area contributed by atoms with Gasteiger partial charge < -0.3 is 9.84 Å².